The fraction of sp³-hybridized carbons (Fsp3) is 0.286. The van der Waals surface area contributed by atoms with Crippen molar-refractivity contribution in [1.29, 1.82) is 0 Å². The number of hydrogen-bond acceptors (Lipinski definition) is 3. The maximum Gasteiger partial charge on any atom is 0.251 e. The van der Waals surface area contributed by atoms with Crippen molar-refractivity contribution < 1.29 is 9.13 Å². The van der Waals surface area contributed by atoms with Gasteiger partial charge in [-0.15, -0.1) is 0 Å². The van der Waals surface area contributed by atoms with Gasteiger partial charge in [-0.3, -0.25) is 4.79 Å². The van der Waals surface area contributed by atoms with Crippen molar-refractivity contribution in [2.24, 2.45) is 0 Å². The zero-order valence-electron chi connectivity index (χ0n) is 10.4. The largest absolute Gasteiger partial charge is 0.494 e. The molecule has 1 saturated carbocycles. The Morgan fingerprint density at radius 2 is 2.16 bits per heavy atom. The maximum atomic E-state index is 13.7. The van der Waals surface area contributed by atoms with Gasteiger partial charge >= 0.3 is 0 Å². The van der Waals surface area contributed by atoms with Gasteiger partial charge in [-0.2, -0.15) is 0 Å². The minimum Gasteiger partial charge on any atom is -0.494 e. The van der Waals surface area contributed by atoms with Crippen LogP contribution in [0.15, 0.2) is 29.1 Å². The van der Waals surface area contributed by atoms with Gasteiger partial charge in [-0.25, -0.2) is 9.37 Å². The summed E-state index contributed by atoms with van der Waals surface area (Å²) in [6.45, 7) is 0. The first kappa shape index (κ1) is 11.9. The van der Waals surface area contributed by atoms with Gasteiger partial charge in [-0.05, 0) is 31.0 Å². The lowest BCUT2D eigenvalue weighted by molar-refractivity contribution is 0.386. The molecule has 0 saturated heterocycles. The minimum atomic E-state index is -0.463. The Balaban J connectivity index is 2.06. The molecule has 1 fully saturated rings. The van der Waals surface area contributed by atoms with Crippen LogP contribution in [0.25, 0.3) is 11.3 Å². The van der Waals surface area contributed by atoms with E-state index in [1.54, 1.807) is 6.07 Å². The molecular weight excluding hydrogens is 247 g/mol. The van der Waals surface area contributed by atoms with Gasteiger partial charge in [0.1, 0.15) is 5.82 Å². The van der Waals surface area contributed by atoms with E-state index in [0.717, 1.165) is 12.8 Å². The quantitative estimate of drug-likeness (QED) is 0.922. The summed E-state index contributed by atoms with van der Waals surface area (Å²) in [4.78, 5) is 18.7. The molecule has 0 bridgehead atoms. The molecule has 0 atom stereocenters. The van der Waals surface area contributed by atoms with Crippen molar-refractivity contribution in [3.63, 3.8) is 0 Å². The summed E-state index contributed by atoms with van der Waals surface area (Å²) >= 11 is 0. The molecule has 1 heterocycles. The van der Waals surface area contributed by atoms with Crippen LogP contribution in [-0.2, 0) is 0 Å². The third kappa shape index (κ3) is 2.36. The Bertz CT molecular complexity index is 677. The van der Waals surface area contributed by atoms with Crippen LogP contribution in [0, 0.1) is 5.82 Å². The number of ether oxygens (including phenoxy) is 1. The molecule has 1 aromatic carbocycles. The summed E-state index contributed by atoms with van der Waals surface area (Å²) < 4.78 is 18.5. The Labute approximate surface area is 109 Å². The highest BCUT2D eigenvalue weighted by atomic mass is 19.1. The molecule has 1 N–H and O–H groups in total. The maximum absolute atomic E-state index is 13.7. The van der Waals surface area contributed by atoms with E-state index in [0.29, 0.717) is 23.0 Å². The Morgan fingerprint density at radius 3 is 2.79 bits per heavy atom. The highest BCUT2D eigenvalue weighted by Crippen LogP contribution is 2.38. The second-order valence-electron chi connectivity index (χ2n) is 4.64. The van der Waals surface area contributed by atoms with E-state index in [9.17, 15) is 9.18 Å². The molecule has 0 spiro atoms. The number of hydrogen-bond donors (Lipinski definition) is 1. The average molecular weight is 260 g/mol. The monoisotopic (exact) mass is 260 g/mol. The molecule has 1 aliphatic carbocycles. The standard InChI is InChI=1S/C14H13FN2O2/c1-19-12-5-4-9(6-10(12)15)11-7-13(18)17-14(16-11)8-2-3-8/h4-8H,2-3H2,1H3,(H,16,17,18). The van der Waals surface area contributed by atoms with Crippen molar-refractivity contribution in [2.45, 2.75) is 18.8 Å². The SMILES string of the molecule is COc1ccc(-c2cc(=O)[nH]c(C3CC3)n2)cc1F. The summed E-state index contributed by atoms with van der Waals surface area (Å²) in [6, 6.07) is 5.94. The van der Waals surface area contributed by atoms with Gasteiger partial charge in [0.2, 0.25) is 0 Å². The van der Waals surface area contributed by atoms with Crippen LogP contribution in [0.5, 0.6) is 5.75 Å². The van der Waals surface area contributed by atoms with Crippen molar-refractivity contribution in [1.82, 2.24) is 9.97 Å². The molecule has 5 heteroatoms. The first-order valence-electron chi connectivity index (χ1n) is 6.12. The third-order valence-corrected chi connectivity index (χ3v) is 3.17. The minimum absolute atomic E-state index is 0.177. The van der Waals surface area contributed by atoms with Crippen LogP contribution >= 0.6 is 0 Å². The van der Waals surface area contributed by atoms with Crippen LogP contribution in [0.2, 0.25) is 0 Å². The molecule has 98 valence electrons. The fourth-order valence-electron chi connectivity index (χ4n) is 2.00. The number of nitrogens with zero attached hydrogens (tertiary/aromatic N) is 1. The van der Waals surface area contributed by atoms with Gasteiger partial charge < -0.3 is 9.72 Å². The van der Waals surface area contributed by atoms with E-state index in [2.05, 4.69) is 9.97 Å². The van der Waals surface area contributed by atoms with E-state index in [4.69, 9.17) is 4.74 Å². The Hall–Kier alpha value is -2.17. The predicted molar refractivity (Wildman–Crippen MR) is 68.8 cm³/mol. The Kier molecular flexibility index (Phi) is 2.81. The van der Waals surface area contributed by atoms with Crippen LogP contribution in [0.4, 0.5) is 4.39 Å². The van der Waals surface area contributed by atoms with E-state index in [1.165, 1.54) is 25.3 Å². The third-order valence-electron chi connectivity index (χ3n) is 3.17. The molecule has 19 heavy (non-hydrogen) atoms. The molecule has 0 radical (unpaired) electrons. The summed E-state index contributed by atoms with van der Waals surface area (Å²) in [7, 11) is 1.41. The van der Waals surface area contributed by atoms with Crippen LogP contribution in [-0.4, -0.2) is 17.1 Å². The number of nitrogens with one attached hydrogen (secondary N) is 1. The van der Waals surface area contributed by atoms with Crippen molar-refractivity contribution >= 4 is 0 Å². The van der Waals surface area contributed by atoms with E-state index in [-0.39, 0.29) is 11.3 Å². The summed E-state index contributed by atoms with van der Waals surface area (Å²) in [5.74, 6) is 0.750. The van der Waals surface area contributed by atoms with Gasteiger partial charge in [0.15, 0.2) is 11.6 Å². The summed E-state index contributed by atoms with van der Waals surface area (Å²) in [6.07, 6.45) is 2.09. The number of aromatic amines is 1. The summed E-state index contributed by atoms with van der Waals surface area (Å²) in [5.41, 5.74) is 0.863. The lowest BCUT2D eigenvalue weighted by atomic mass is 10.1. The smallest absolute Gasteiger partial charge is 0.251 e. The molecule has 1 aromatic heterocycles. The first-order valence-corrected chi connectivity index (χ1v) is 6.12. The molecule has 0 unspecified atom stereocenters. The highest BCUT2D eigenvalue weighted by Gasteiger charge is 2.26. The molecule has 0 amide bonds. The zero-order chi connectivity index (χ0) is 13.4. The molecule has 2 aromatic rings. The fourth-order valence-corrected chi connectivity index (χ4v) is 2.00. The second kappa shape index (κ2) is 4.50. The first-order chi connectivity index (χ1) is 9.17. The van der Waals surface area contributed by atoms with Crippen LogP contribution in [0.1, 0.15) is 24.6 Å². The molecular formula is C14H13FN2O2. The molecule has 3 rings (SSSR count). The topological polar surface area (TPSA) is 55.0 Å². The second-order valence-corrected chi connectivity index (χ2v) is 4.64. The number of H-pyrrole nitrogens is 1. The van der Waals surface area contributed by atoms with Gasteiger partial charge in [0, 0.05) is 17.5 Å². The molecule has 0 aliphatic heterocycles. The molecule has 1 aliphatic rings. The van der Waals surface area contributed by atoms with Crippen molar-refractivity contribution in [3.05, 3.63) is 46.3 Å². The lowest BCUT2D eigenvalue weighted by Gasteiger charge is -2.06. The number of methoxy groups -OCH3 is 1. The van der Waals surface area contributed by atoms with Crippen molar-refractivity contribution in [3.8, 4) is 17.0 Å². The number of halogens is 1. The lowest BCUT2D eigenvalue weighted by Crippen LogP contribution is -2.10. The number of benzene rings is 1. The number of rotatable bonds is 3. The Morgan fingerprint density at radius 1 is 1.37 bits per heavy atom. The van der Waals surface area contributed by atoms with E-state index < -0.39 is 5.82 Å². The van der Waals surface area contributed by atoms with Crippen molar-refractivity contribution in [2.75, 3.05) is 7.11 Å². The van der Waals surface area contributed by atoms with Gasteiger partial charge in [0.25, 0.3) is 5.56 Å². The van der Waals surface area contributed by atoms with Crippen LogP contribution in [0.3, 0.4) is 0 Å². The summed E-state index contributed by atoms with van der Waals surface area (Å²) in [5, 5.41) is 0. The predicted octanol–water partition coefficient (Wildman–Crippen LogP) is 2.46. The van der Waals surface area contributed by atoms with Crippen LogP contribution < -0.4 is 10.3 Å². The van der Waals surface area contributed by atoms with Gasteiger partial charge in [0.05, 0.1) is 12.8 Å². The van der Waals surface area contributed by atoms with E-state index in [1.807, 2.05) is 0 Å². The van der Waals surface area contributed by atoms with Gasteiger partial charge in [-0.1, -0.05) is 0 Å². The van der Waals surface area contributed by atoms with E-state index >= 15 is 0 Å². The highest BCUT2D eigenvalue weighted by molar-refractivity contribution is 5.60. The zero-order valence-corrected chi connectivity index (χ0v) is 10.4. The molecule has 4 nitrogen and oxygen atoms in total. The average Bonchev–Trinajstić information content (AvgIpc) is 3.22. The number of aromatic nitrogens is 2. The normalized spacial score (nSPS) is 14.4.